The van der Waals surface area contributed by atoms with Gasteiger partial charge in [-0.2, -0.15) is 0 Å². The van der Waals surface area contributed by atoms with E-state index in [4.69, 9.17) is 5.11 Å². The summed E-state index contributed by atoms with van der Waals surface area (Å²) in [6.07, 6.45) is 0.900. The highest BCUT2D eigenvalue weighted by Crippen LogP contribution is 2.25. The van der Waals surface area contributed by atoms with Crippen molar-refractivity contribution in [3.63, 3.8) is 0 Å². The van der Waals surface area contributed by atoms with Crippen LogP contribution in [0.25, 0.3) is 0 Å². The van der Waals surface area contributed by atoms with Crippen LogP contribution in [0, 0.1) is 10.1 Å². The molecular formula is C16H27N3O3. The molecule has 1 rings (SSSR count). The van der Waals surface area contributed by atoms with Gasteiger partial charge in [-0.25, -0.2) is 0 Å². The highest BCUT2D eigenvalue weighted by molar-refractivity contribution is 5.62. The summed E-state index contributed by atoms with van der Waals surface area (Å²) in [6.45, 7) is 10.2. The maximum absolute atomic E-state index is 11.0. The van der Waals surface area contributed by atoms with Gasteiger partial charge in [0.15, 0.2) is 0 Å². The van der Waals surface area contributed by atoms with Crippen molar-refractivity contribution in [1.82, 2.24) is 4.90 Å². The highest BCUT2D eigenvalue weighted by atomic mass is 16.6. The average molecular weight is 309 g/mol. The molecule has 0 heterocycles. The van der Waals surface area contributed by atoms with Crippen LogP contribution in [0.5, 0.6) is 0 Å². The zero-order valence-corrected chi connectivity index (χ0v) is 13.9. The average Bonchev–Trinajstić information content (AvgIpc) is 2.45. The standard InChI is InChI=1S/C16H27N3O3/c1-12(2)18(13(3)4)9-5-8-17-15-10-14(11-20)6-7-16(15)19(21)22/h6-7,10,12-13,17,20H,5,8-9,11H2,1-4H3. The summed E-state index contributed by atoms with van der Waals surface area (Å²) in [6, 6.07) is 5.60. The van der Waals surface area contributed by atoms with Gasteiger partial charge in [0.1, 0.15) is 5.69 Å². The number of benzene rings is 1. The van der Waals surface area contributed by atoms with E-state index < -0.39 is 4.92 Å². The first-order valence-corrected chi connectivity index (χ1v) is 7.74. The molecule has 0 aromatic heterocycles. The van der Waals surface area contributed by atoms with Crippen molar-refractivity contribution in [2.75, 3.05) is 18.4 Å². The maximum Gasteiger partial charge on any atom is 0.292 e. The fourth-order valence-corrected chi connectivity index (χ4v) is 2.58. The Bertz CT molecular complexity index is 482. The molecule has 0 atom stereocenters. The van der Waals surface area contributed by atoms with Crippen LogP contribution in [-0.2, 0) is 6.61 Å². The molecular weight excluding hydrogens is 282 g/mol. The molecule has 0 saturated carbocycles. The minimum absolute atomic E-state index is 0.0433. The van der Waals surface area contributed by atoms with E-state index >= 15 is 0 Å². The lowest BCUT2D eigenvalue weighted by Gasteiger charge is -2.30. The molecule has 0 spiro atoms. The van der Waals surface area contributed by atoms with Crippen molar-refractivity contribution in [2.45, 2.75) is 52.8 Å². The second kappa shape index (κ2) is 8.70. The van der Waals surface area contributed by atoms with Crippen LogP contribution in [0.2, 0.25) is 0 Å². The van der Waals surface area contributed by atoms with Gasteiger partial charge in [0, 0.05) is 31.2 Å². The van der Waals surface area contributed by atoms with E-state index in [0.29, 0.717) is 29.9 Å². The number of nitro benzene ring substituents is 1. The summed E-state index contributed by atoms with van der Waals surface area (Å²) in [5.41, 5.74) is 1.18. The molecule has 0 aliphatic heterocycles. The molecule has 6 nitrogen and oxygen atoms in total. The Morgan fingerprint density at radius 2 is 1.91 bits per heavy atom. The van der Waals surface area contributed by atoms with E-state index in [1.165, 1.54) is 6.07 Å². The Labute approximate surface area is 132 Å². The number of rotatable bonds is 9. The quantitative estimate of drug-likeness (QED) is 0.416. The number of hydrogen-bond acceptors (Lipinski definition) is 5. The van der Waals surface area contributed by atoms with E-state index in [1.807, 2.05) is 0 Å². The first-order valence-electron chi connectivity index (χ1n) is 7.74. The molecule has 124 valence electrons. The minimum atomic E-state index is -0.405. The second-order valence-electron chi connectivity index (χ2n) is 5.97. The maximum atomic E-state index is 11.0. The van der Waals surface area contributed by atoms with Crippen LogP contribution in [0.15, 0.2) is 18.2 Å². The fourth-order valence-electron chi connectivity index (χ4n) is 2.58. The molecule has 0 radical (unpaired) electrons. The Hall–Kier alpha value is -1.66. The molecule has 0 unspecified atom stereocenters. The molecule has 1 aromatic rings. The van der Waals surface area contributed by atoms with Gasteiger partial charge in [0.05, 0.1) is 11.5 Å². The summed E-state index contributed by atoms with van der Waals surface area (Å²) in [7, 11) is 0. The van der Waals surface area contributed by atoms with Crippen molar-refractivity contribution < 1.29 is 10.0 Å². The third-order valence-corrected chi connectivity index (χ3v) is 3.68. The topological polar surface area (TPSA) is 78.6 Å². The highest BCUT2D eigenvalue weighted by Gasteiger charge is 2.15. The summed E-state index contributed by atoms with van der Waals surface area (Å²) in [5.74, 6) is 0. The van der Waals surface area contributed by atoms with E-state index in [-0.39, 0.29) is 12.3 Å². The van der Waals surface area contributed by atoms with Crippen LogP contribution in [0.3, 0.4) is 0 Å². The Balaban J connectivity index is 2.62. The number of aliphatic hydroxyl groups is 1. The van der Waals surface area contributed by atoms with Crippen LogP contribution in [0.4, 0.5) is 11.4 Å². The molecule has 22 heavy (non-hydrogen) atoms. The molecule has 0 aliphatic rings. The van der Waals surface area contributed by atoms with Gasteiger partial charge >= 0.3 is 0 Å². The fraction of sp³-hybridized carbons (Fsp3) is 0.625. The lowest BCUT2D eigenvalue weighted by Crippen LogP contribution is -2.38. The molecule has 1 aromatic carbocycles. The predicted octanol–water partition coefficient (Wildman–Crippen LogP) is 3.01. The van der Waals surface area contributed by atoms with Gasteiger partial charge in [-0.3, -0.25) is 15.0 Å². The van der Waals surface area contributed by atoms with Crippen molar-refractivity contribution >= 4 is 11.4 Å². The summed E-state index contributed by atoms with van der Waals surface area (Å²) < 4.78 is 0. The minimum Gasteiger partial charge on any atom is -0.392 e. The molecule has 2 N–H and O–H groups in total. The first-order chi connectivity index (χ1) is 10.4. The number of nitrogens with zero attached hydrogens (tertiary/aromatic N) is 2. The Morgan fingerprint density at radius 3 is 2.41 bits per heavy atom. The number of nitrogens with one attached hydrogen (secondary N) is 1. The number of aliphatic hydroxyl groups excluding tert-OH is 1. The molecule has 0 fully saturated rings. The zero-order chi connectivity index (χ0) is 16.7. The van der Waals surface area contributed by atoms with Crippen molar-refractivity contribution in [1.29, 1.82) is 0 Å². The Morgan fingerprint density at radius 1 is 1.27 bits per heavy atom. The van der Waals surface area contributed by atoms with E-state index in [1.54, 1.807) is 12.1 Å². The lowest BCUT2D eigenvalue weighted by atomic mass is 10.1. The van der Waals surface area contributed by atoms with Crippen LogP contribution >= 0.6 is 0 Å². The summed E-state index contributed by atoms with van der Waals surface area (Å²) in [5, 5.41) is 23.3. The van der Waals surface area contributed by atoms with Crippen LogP contribution < -0.4 is 5.32 Å². The Kier molecular flexibility index (Phi) is 7.27. The lowest BCUT2D eigenvalue weighted by molar-refractivity contribution is -0.384. The third kappa shape index (κ3) is 5.27. The van der Waals surface area contributed by atoms with Crippen molar-refractivity contribution in [2.24, 2.45) is 0 Å². The van der Waals surface area contributed by atoms with Gasteiger partial charge in [0.25, 0.3) is 5.69 Å². The number of anilines is 1. The second-order valence-corrected chi connectivity index (χ2v) is 5.97. The van der Waals surface area contributed by atoms with Gasteiger partial charge in [-0.05, 0) is 51.8 Å². The van der Waals surface area contributed by atoms with Gasteiger partial charge < -0.3 is 10.4 Å². The van der Waals surface area contributed by atoms with Gasteiger partial charge in [0.2, 0.25) is 0 Å². The zero-order valence-electron chi connectivity index (χ0n) is 13.9. The smallest absolute Gasteiger partial charge is 0.292 e. The first kappa shape index (κ1) is 18.4. The predicted molar refractivity (Wildman–Crippen MR) is 89.1 cm³/mol. The summed E-state index contributed by atoms with van der Waals surface area (Å²) >= 11 is 0. The van der Waals surface area contributed by atoms with Gasteiger partial charge in [-0.1, -0.05) is 0 Å². The van der Waals surface area contributed by atoms with E-state index in [0.717, 1.165) is 13.0 Å². The van der Waals surface area contributed by atoms with E-state index in [2.05, 4.69) is 37.9 Å². The SMILES string of the molecule is CC(C)N(CCCNc1cc(CO)ccc1[N+](=O)[O-])C(C)C. The van der Waals surface area contributed by atoms with Crippen molar-refractivity contribution in [3.05, 3.63) is 33.9 Å². The molecule has 0 aliphatic carbocycles. The van der Waals surface area contributed by atoms with Crippen LogP contribution in [0.1, 0.15) is 39.7 Å². The third-order valence-electron chi connectivity index (χ3n) is 3.68. The number of hydrogen-bond donors (Lipinski definition) is 2. The van der Waals surface area contributed by atoms with E-state index in [9.17, 15) is 10.1 Å². The normalized spacial score (nSPS) is 11.5. The molecule has 0 bridgehead atoms. The largest absolute Gasteiger partial charge is 0.392 e. The summed E-state index contributed by atoms with van der Waals surface area (Å²) in [4.78, 5) is 13.0. The number of nitro groups is 1. The van der Waals surface area contributed by atoms with Crippen molar-refractivity contribution in [3.8, 4) is 0 Å². The van der Waals surface area contributed by atoms with Gasteiger partial charge in [-0.15, -0.1) is 0 Å². The molecule has 0 saturated heterocycles. The monoisotopic (exact) mass is 309 g/mol. The molecule has 6 heteroatoms. The molecule has 0 amide bonds. The van der Waals surface area contributed by atoms with Crippen LogP contribution in [-0.4, -0.2) is 40.1 Å².